The summed E-state index contributed by atoms with van der Waals surface area (Å²) in [7, 11) is 0.936. The molecule has 0 fully saturated rings. The van der Waals surface area contributed by atoms with Crippen LogP contribution in [0, 0.1) is 0 Å². The molecule has 0 aromatic rings. The zero-order chi connectivity index (χ0) is 9.40. The fraction of sp³-hybridized carbons (Fsp3) is 1.00. The largest absolute Gasteiger partial charge is 0.385 e. The number of rotatable bonds is 7. The Morgan fingerprint density at radius 2 is 2.25 bits per heavy atom. The van der Waals surface area contributed by atoms with Crippen LogP contribution < -0.4 is 5.73 Å². The van der Waals surface area contributed by atoms with Crippen LogP contribution in [0.1, 0.15) is 19.8 Å². The first-order chi connectivity index (χ1) is 5.72. The Labute approximate surface area is 77.1 Å². The lowest BCUT2D eigenvalue weighted by Crippen LogP contribution is -2.17. The van der Waals surface area contributed by atoms with Crippen LogP contribution in [0.3, 0.4) is 0 Å². The van der Waals surface area contributed by atoms with Gasteiger partial charge in [0.2, 0.25) is 0 Å². The highest BCUT2D eigenvalue weighted by Crippen LogP contribution is 2.02. The first kappa shape index (κ1) is 12.1. The van der Waals surface area contributed by atoms with Gasteiger partial charge in [-0.15, -0.1) is 0 Å². The lowest BCUT2D eigenvalue weighted by Gasteiger charge is -2.09. The van der Waals surface area contributed by atoms with Crippen LogP contribution in [-0.2, 0) is 15.5 Å². The summed E-state index contributed by atoms with van der Waals surface area (Å²) in [5, 5.41) is 0.233. The first-order valence-electron chi connectivity index (χ1n) is 4.28. The summed E-state index contributed by atoms with van der Waals surface area (Å²) >= 11 is 0. The van der Waals surface area contributed by atoms with Gasteiger partial charge in [0.15, 0.2) is 0 Å². The second-order valence-corrected chi connectivity index (χ2v) is 4.79. The molecule has 2 N–H and O–H groups in total. The Balaban J connectivity index is 3.47. The minimum absolute atomic E-state index is 0.233. The Hall–Kier alpha value is 0.0700. The monoisotopic (exact) mass is 193 g/mol. The zero-order valence-corrected chi connectivity index (χ0v) is 8.73. The van der Waals surface area contributed by atoms with Crippen LogP contribution in [0.15, 0.2) is 0 Å². The molecule has 0 bridgehead atoms. The average Bonchev–Trinajstić information content (AvgIpc) is 2.10. The van der Waals surface area contributed by atoms with E-state index < -0.39 is 10.8 Å². The molecule has 2 atom stereocenters. The molecule has 0 aliphatic carbocycles. The van der Waals surface area contributed by atoms with E-state index in [1.807, 2.05) is 6.92 Å². The fourth-order valence-corrected chi connectivity index (χ4v) is 2.05. The van der Waals surface area contributed by atoms with Gasteiger partial charge in [0.1, 0.15) is 0 Å². The maximum Gasteiger partial charge on any atom is 0.0473 e. The quantitative estimate of drug-likeness (QED) is 0.641. The molecule has 0 aliphatic heterocycles. The van der Waals surface area contributed by atoms with E-state index in [-0.39, 0.29) is 5.25 Å². The summed E-state index contributed by atoms with van der Waals surface area (Å²) in [6, 6.07) is 0. The molecule has 0 aromatic carbocycles. The maximum absolute atomic E-state index is 11.4. The third kappa shape index (κ3) is 5.69. The van der Waals surface area contributed by atoms with Crippen LogP contribution in [-0.4, -0.2) is 35.5 Å². The SMILES string of the molecule is COCCC(C)S(=O)CCCN. The van der Waals surface area contributed by atoms with Crippen molar-refractivity contribution in [1.82, 2.24) is 0 Å². The van der Waals surface area contributed by atoms with Crippen molar-refractivity contribution in [1.29, 1.82) is 0 Å². The molecule has 0 saturated heterocycles. The number of hydrogen-bond acceptors (Lipinski definition) is 3. The van der Waals surface area contributed by atoms with Crippen molar-refractivity contribution in [3.63, 3.8) is 0 Å². The number of hydrogen-bond donors (Lipinski definition) is 1. The molecule has 0 aromatic heterocycles. The molecule has 0 heterocycles. The van der Waals surface area contributed by atoms with Gasteiger partial charge < -0.3 is 10.5 Å². The van der Waals surface area contributed by atoms with Gasteiger partial charge in [-0.25, -0.2) is 0 Å². The summed E-state index contributed by atoms with van der Waals surface area (Å²) in [4.78, 5) is 0. The molecule has 0 spiro atoms. The lowest BCUT2D eigenvalue weighted by atomic mass is 10.3. The lowest BCUT2D eigenvalue weighted by molar-refractivity contribution is 0.195. The molecular weight excluding hydrogens is 174 g/mol. The fourth-order valence-electron chi connectivity index (χ4n) is 0.842. The van der Waals surface area contributed by atoms with Crippen molar-refractivity contribution in [2.24, 2.45) is 5.73 Å². The van der Waals surface area contributed by atoms with E-state index in [1.165, 1.54) is 0 Å². The highest BCUT2D eigenvalue weighted by Gasteiger charge is 2.09. The van der Waals surface area contributed by atoms with Crippen molar-refractivity contribution in [2.45, 2.75) is 25.0 Å². The predicted octanol–water partition coefficient (Wildman–Crippen LogP) is 0.509. The van der Waals surface area contributed by atoms with Crippen molar-refractivity contribution in [3.8, 4) is 0 Å². The summed E-state index contributed by atoms with van der Waals surface area (Å²) in [6.07, 6.45) is 1.72. The normalized spacial score (nSPS) is 15.9. The van der Waals surface area contributed by atoms with Gasteiger partial charge in [-0.2, -0.15) is 0 Å². The summed E-state index contributed by atoms with van der Waals surface area (Å²) in [5.41, 5.74) is 5.32. The highest BCUT2D eigenvalue weighted by molar-refractivity contribution is 7.85. The predicted molar refractivity (Wildman–Crippen MR) is 52.6 cm³/mol. The van der Waals surface area contributed by atoms with Crippen LogP contribution in [0.4, 0.5) is 0 Å². The van der Waals surface area contributed by atoms with Crippen molar-refractivity contribution in [2.75, 3.05) is 26.0 Å². The van der Waals surface area contributed by atoms with Crippen molar-refractivity contribution in [3.05, 3.63) is 0 Å². The van der Waals surface area contributed by atoms with Gasteiger partial charge in [0, 0.05) is 35.5 Å². The summed E-state index contributed by atoms with van der Waals surface area (Å²) in [5.74, 6) is 0.724. The molecule has 0 saturated carbocycles. The molecule has 3 nitrogen and oxygen atoms in total. The molecule has 4 heteroatoms. The Kier molecular flexibility index (Phi) is 7.75. The molecule has 0 rings (SSSR count). The molecule has 0 amide bonds. The number of ether oxygens (including phenoxy) is 1. The van der Waals surface area contributed by atoms with E-state index in [0.29, 0.717) is 13.2 Å². The average molecular weight is 193 g/mol. The minimum Gasteiger partial charge on any atom is -0.385 e. The van der Waals surface area contributed by atoms with E-state index in [2.05, 4.69) is 0 Å². The van der Waals surface area contributed by atoms with Gasteiger partial charge in [-0.3, -0.25) is 4.21 Å². The second kappa shape index (κ2) is 7.71. The number of methoxy groups -OCH3 is 1. The first-order valence-corrected chi connectivity index (χ1v) is 5.66. The van der Waals surface area contributed by atoms with E-state index >= 15 is 0 Å². The smallest absolute Gasteiger partial charge is 0.0473 e. The Morgan fingerprint density at radius 1 is 1.58 bits per heavy atom. The van der Waals surface area contributed by atoms with Crippen molar-refractivity contribution < 1.29 is 8.95 Å². The van der Waals surface area contributed by atoms with E-state index in [9.17, 15) is 4.21 Å². The summed E-state index contributed by atoms with van der Waals surface area (Å²) in [6.45, 7) is 3.31. The van der Waals surface area contributed by atoms with Crippen LogP contribution in [0.25, 0.3) is 0 Å². The Morgan fingerprint density at radius 3 is 2.75 bits per heavy atom. The van der Waals surface area contributed by atoms with Gasteiger partial charge >= 0.3 is 0 Å². The molecule has 0 aliphatic rings. The molecular formula is C8H19NO2S. The molecule has 2 unspecified atom stereocenters. The summed E-state index contributed by atoms with van der Waals surface area (Å²) < 4.78 is 16.3. The maximum atomic E-state index is 11.4. The van der Waals surface area contributed by atoms with Gasteiger partial charge in [0.25, 0.3) is 0 Å². The highest BCUT2D eigenvalue weighted by atomic mass is 32.2. The van der Waals surface area contributed by atoms with Gasteiger partial charge in [-0.1, -0.05) is 6.92 Å². The third-order valence-corrected chi connectivity index (χ3v) is 3.55. The van der Waals surface area contributed by atoms with Crippen molar-refractivity contribution >= 4 is 10.8 Å². The Bertz CT molecular complexity index is 130. The molecule has 12 heavy (non-hydrogen) atoms. The number of nitrogens with two attached hydrogens (primary N) is 1. The van der Waals surface area contributed by atoms with Crippen LogP contribution in [0.5, 0.6) is 0 Å². The second-order valence-electron chi connectivity index (χ2n) is 2.82. The third-order valence-electron chi connectivity index (χ3n) is 1.73. The standard InChI is InChI=1S/C8H19NO2S/c1-8(4-6-11-2)12(10)7-3-5-9/h8H,3-7,9H2,1-2H3. The minimum atomic E-state index is -0.726. The van der Waals surface area contributed by atoms with E-state index in [4.69, 9.17) is 10.5 Å². The van der Waals surface area contributed by atoms with Crippen LogP contribution >= 0.6 is 0 Å². The molecule has 74 valence electrons. The zero-order valence-electron chi connectivity index (χ0n) is 7.91. The van der Waals surface area contributed by atoms with E-state index in [1.54, 1.807) is 7.11 Å². The van der Waals surface area contributed by atoms with Crippen LogP contribution in [0.2, 0.25) is 0 Å². The van der Waals surface area contributed by atoms with Gasteiger partial charge in [0.05, 0.1) is 0 Å². The van der Waals surface area contributed by atoms with Gasteiger partial charge in [-0.05, 0) is 19.4 Å². The van der Waals surface area contributed by atoms with E-state index in [0.717, 1.165) is 18.6 Å². The topological polar surface area (TPSA) is 52.3 Å². The molecule has 0 radical (unpaired) electrons.